The maximum absolute atomic E-state index is 13.2. The lowest BCUT2D eigenvalue weighted by Crippen LogP contribution is -2.30. The summed E-state index contributed by atoms with van der Waals surface area (Å²) < 4.78 is 69.0. The van der Waals surface area contributed by atoms with Crippen molar-refractivity contribution in [1.29, 1.82) is 0 Å². The predicted octanol–water partition coefficient (Wildman–Crippen LogP) is 28.4. The summed E-state index contributed by atoms with van der Waals surface area (Å²) in [4.78, 5) is 73.4. The van der Waals surface area contributed by atoms with Crippen LogP contribution in [0.3, 0.4) is 0 Å². The van der Waals surface area contributed by atoms with Crippen molar-refractivity contribution in [2.75, 3.05) is 39.6 Å². The Morgan fingerprint density at radius 1 is 0.261 bits per heavy atom. The monoisotopic (exact) mass is 1620 g/mol. The number of hydrogen-bond donors (Lipinski definition) is 3. The van der Waals surface area contributed by atoms with E-state index in [1.54, 1.807) is 0 Å². The lowest BCUT2D eigenvalue weighted by Gasteiger charge is -2.21. The average molecular weight is 1620 g/mol. The SMILES string of the molecule is CCCCCCCCCCCCCCCCCCCCCCCCC(=O)OC[C@H](COP(=O)(O)OC[C@@H](O)COP(=O)(O)OC[C@@H](COC(=O)CCCCCCCCC(C)C)OC(=O)CCCCCCCCCCCCCCCCCC(C)C)OC(=O)CCCCCCCCCCCCCCCCCCCCC(C)CC. The molecule has 17 nitrogen and oxygen atoms in total. The Hall–Kier alpha value is -1.94. The summed E-state index contributed by atoms with van der Waals surface area (Å²) in [6, 6.07) is 0. The fourth-order valence-corrected chi connectivity index (χ4v) is 16.0. The molecule has 0 aliphatic heterocycles. The molecule has 0 bridgehead atoms. The van der Waals surface area contributed by atoms with E-state index in [0.717, 1.165) is 108 Å². The van der Waals surface area contributed by atoms with Gasteiger partial charge in [-0.25, -0.2) is 9.13 Å². The molecule has 0 saturated carbocycles. The first-order valence-electron chi connectivity index (χ1n) is 47.4. The molecule has 0 aliphatic carbocycles. The van der Waals surface area contributed by atoms with E-state index in [-0.39, 0.29) is 25.7 Å². The van der Waals surface area contributed by atoms with Gasteiger partial charge in [0.2, 0.25) is 0 Å². The van der Waals surface area contributed by atoms with Crippen LogP contribution >= 0.6 is 15.6 Å². The molecule has 0 amide bonds. The number of phosphoric ester groups is 2. The molecular weight excluding hydrogens is 1440 g/mol. The summed E-state index contributed by atoms with van der Waals surface area (Å²) in [5, 5.41) is 10.7. The third kappa shape index (κ3) is 84.3. The van der Waals surface area contributed by atoms with Crippen molar-refractivity contribution in [3.8, 4) is 0 Å². The minimum atomic E-state index is -4.97. The van der Waals surface area contributed by atoms with E-state index >= 15 is 0 Å². The van der Waals surface area contributed by atoms with E-state index in [1.165, 1.54) is 295 Å². The zero-order chi connectivity index (χ0) is 81.5. The Labute approximate surface area is 683 Å². The highest BCUT2D eigenvalue weighted by Gasteiger charge is 2.31. The molecule has 0 aromatic heterocycles. The van der Waals surface area contributed by atoms with Crippen molar-refractivity contribution in [3.05, 3.63) is 0 Å². The fourth-order valence-electron chi connectivity index (χ4n) is 14.4. The maximum Gasteiger partial charge on any atom is 0.472 e. The van der Waals surface area contributed by atoms with Crippen LogP contribution in [0.1, 0.15) is 492 Å². The third-order valence-corrected chi connectivity index (χ3v) is 23.9. The van der Waals surface area contributed by atoms with Gasteiger partial charge < -0.3 is 33.8 Å². The molecule has 0 heterocycles. The Bertz CT molecular complexity index is 2130. The number of aliphatic hydroxyl groups is 1. The van der Waals surface area contributed by atoms with Gasteiger partial charge in [0.05, 0.1) is 26.4 Å². The van der Waals surface area contributed by atoms with Crippen LogP contribution in [0, 0.1) is 17.8 Å². The van der Waals surface area contributed by atoms with Crippen molar-refractivity contribution < 1.29 is 80.2 Å². The molecule has 0 spiro atoms. The van der Waals surface area contributed by atoms with Gasteiger partial charge >= 0.3 is 39.5 Å². The molecule has 3 N–H and O–H groups in total. The molecule has 0 radical (unpaired) electrons. The summed E-state index contributed by atoms with van der Waals surface area (Å²) in [5.74, 6) is 0.251. The Balaban J connectivity index is 5.19. The maximum atomic E-state index is 13.2. The van der Waals surface area contributed by atoms with Crippen molar-refractivity contribution in [2.24, 2.45) is 17.8 Å². The summed E-state index contributed by atoms with van der Waals surface area (Å²) in [6.45, 7) is 12.0. The van der Waals surface area contributed by atoms with Crippen molar-refractivity contribution >= 4 is 39.5 Å². The lowest BCUT2D eigenvalue weighted by atomic mass is 9.99. The Morgan fingerprint density at radius 3 is 0.685 bits per heavy atom. The molecule has 6 atom stereocenters. The molecule has 0 aromatic carbocycles. The smallest absolute Gasteiger partial charge is 0.462 e. The molecule has 3 unspecified atom stereocenters. The second-order valence-corrected chi connectivity index (χ2v) is 37.2. The Morgan fingerprint density at radius 2 is 0.459 bits per heavy atom. The van der Waals surface area contributed by atoms with Gasteiger partial charge in [0.15, 0.2) is 12.2 Å². The van der Waals surface area contributed by atoms with E-state index in [2.05, 4.69) is 48.5 Å². The van der Waals surface area contributed by atoms with Gasteiger partial charge in [-0.1, -0.05) is 440 Å². The van der Waals surface area contributed by atoms with E-state index in [1.807, 2.05) is 0 Å². The van der Waals surface area contributed by atoms with Gasteiger partial charge in [-0.2, -0.15) is 0 Å². The number of ether oxygens (including phenoxy) is 4. The summed E-state index contributed by atoms with van der Waals surface area (Å²) in [7, 11) is -9.94. The number of unbranched alkanes of at least 4 members (excludes halogenated alkanes) is 57. The van der Waals surface area contributed by atoms with E-state index < -0.39 is 97.5 Å². The van der Waals surface area contributed by atoms with Crippen molar-refractivity contribution in [1.82, 2.24) is 0 Å². The van der Waals surface area contributed by atoms with Crippen LogP contribution in [-0.4, -0.2) is 96.7 Å². The highest BCUT2D eigenvalue weighted by atomic mass is 31.2. The molecule has 0 aromatic rings. The van der Waals surface area contributed by atoms with E-state index in [9.17, 15) is 43.2 Å². The molecule has 0 saturated heterocycles. The number of esters is 4. The number of phosphoric acid groups is 2. The largest absolute Gasteiger partial charge is 0.472 e. The number of hydrogen-bond acceptors (Lipinski definition) is 15. The van der Waals surface area contributed by atoms with E-state index in [0.29, 0.717) is 31.6 Å². The first-order valence-corrected chi connectivity index (χ1v) is 50.4. The van der Waals surface area contributed by atoms with Crippen molar-refractivity contribution in [3.63, 3.8) is 0 Å². The van der Waals surface area contributed by atoms with E-state index in [4.69, 9.17) is 37.0 Å². The van der Waals surface area contributed by atoms with Crippen LogP contribution in [-0.2, 0) is 65.4 Å². The zero-order valence-electron chi connectivity index (χ0n) is 73.4. The highest BCUT2D eigenvalue weighted by Crippen LogP contribution is 2.45. The molecule has 19 heteroatoms. The second kappa shape index (κ2) is 81.8. The minimum Gasteiger partial charge on any atom is -0.462 e. The number of carbonyl (C=O) groups excluding carboxylic acids is 4. The summed E-state index contributed by atoms with van der Waals surface area (Å²) in [6.07, 6.45) is 75.4. The molecule has 111 heavy (non-hydrogen) atoms. The summed E-state index contributed by atoms with van der Waals surface area (Å²) >= 11 is 0. The number of rotatable bonds is 90. The number of aliphatic hydroxyl groups excluding tert-OH is 1. The van der Waals surface area contributed by atoms with Gasteiger partial charge in [0.25, 0.3) is 0 Å². The van der Waals surface area contributed by atoms with Crippen LogP contribution < -0.4 is 0 Å². The zero-order valence-corrected chi connectivity index (χ0v) is 75.2. The first-order chi connectivity index (χ1) is 53.8. The average Bonchev–Trinajstić information content (AvgIpc) is 0.899. The van der Waals surface area contributed by atoms with Crippen molar-refractivity contribution in [2.45, 2.75) is 510 Å². The van der Waals surface area contributed by atoms with Crippen LogP contribution in [0.4, 0.5) is 0 Å². The van der Waals surface area contributed by atoms with Gasteiger partial charge in [0.1, 0.15) is 19.3 Å². The van der Waals surface area contributed by atoms with Gasteiger partial charge in [-0.05, 0) is 43.4 Å². The van der Waals surface area contributed by atoms with Crippen LogP contribution in [0.25, 0.3) is 0 Å². The molecular formula is C92H180O17P2. The summed E-state index contributed by atoms with van der Waals surface area (Å²) in [5.41, 5.74) is 0. The van der Waals surface area contributed by atoms with Gasteiger partial charge in [-0.15, -0.1) is 0 Å². The van der Waals surface area contributed by atoms with Crippen LogP contribution in [0.2, 0.25) is 0 Å². The van der Waals surface area contributed by atoms with Gasteiger partial charge in [-0.3, -0.25) is 37.3 Å². The Kier molecular flexibility index (Phi) is 80.4. The van der Waals surface area contributed by atoms with Gasteiger partial charge in [0, 0.05) is 25.7 Å². The predicted molar refractivity (Wildman–Crippen MR) is 460 cm³/mol. The standard InChI is InChI=1S/C92H180O17P2/c1-8-10-11-12-13-14-15-16-17-18-19-20-21-22-26-31-36-41-46-51-59-66-73-89(94)102-79-87(108-91(96)75-68-61-52-47-42-37-32-27-24-23-25-30-35-40-45-50-58-65-72-85(7)9-2)81-106-110(98,99)104-77-86(93)78-105-111(100,101)107-82-88(80-103-90(95)74-67-60-55-54-57-64-71-84(5)6)109-92(97)76-69-62-53-48-43-38-33-28-29-34-39-44-49-56-63-70-83(3)4/h83-88,93H,8-82H2,1-7H3,(H,98,99)(H,100,101)/t85?,86-,87-,88-/m1/s1. The quantitative estimate of drug-likeness (QED) is 0.0222. The molecule has 0 aliphatic rings. The minimum absolute atomic E-state index is 0.107. The van der Waals surface area contributed by atoms with Crippen LogP contribution in [0.15, 0.2) is 0 Å². The molecule has 0 fully saturated rings. The third-order valence-electron chi connectivity index (χ3n) is 22.0. The van der Waals surface area contributed by atoms with Crippen LogP contribution in [0.5, 0.6) is 0 Å². The fraction of sp³-hybridized carbons (Fsp3) is 0.957. The molecule has 660 valence electrons. The first kappa shape index (κ1) is 109. The normalized spacial score (nSPS) is 14.0. The number of carbonyl (C=O) groups is 4. The molecule has 0 rings (SSSR count). The second-order valence-electron chi connectivity index (χ2n) is 34.2. The lowest BCUT2D eigenvalue weighted by molar-refractivity contribution is -0.161. The highest BCUT2D eigenvalue weighted by molar-refractivity contribution is 7.47. The topological polar surface area (TPSA) is 237 Å².